The minimum absolute atomic E-state index is 0.793. The molecule has 0 radical (unpaired) electrons. The Balaban J connectivity index is 1.78. The van der Waals surface area contributed by atoms with Gasteiger partial charge in [-0.3, -0.25) is 0 Å². The average molecular weight is 247 g/mol. The molecule has 1 heterocycles. The highest BCUT2D eigenvalue weighted by molar-refractivity contribution is 9.09. The first-order chi connectivity index (χ1) is 6.36. The third-order valence-electron chi connectivity index (χ3n) is 3.48. The lowest BCUT2D eigenvalue weighted by molar-refractivity contribution is 0.177. The van der Waals surface area contributed by atoms with E-state index in [-0.39, 0.29) is 0 Å². The van der Waals surface area contributed by atoms with Gasteiger partial charge in [0.1, 0.15) is 0 Å². The van der Waals surface area contributed by atoms with Crippen molar-refractivity contribution in [3.63, 3.8) is 0 Å². The first-order valence-electron chi connectivity index (χ1n) is 5.58. The molecule has 2 rings (SSSR count). The van der Waals surface area contributed by atoms with Crippen LogP contribution in [0.4, 0.5) is 0 Å². The Hall–Kier alpha value is 0.440. The standard InChI is InChI=1S/C11H19BrO/c12-11-4-2-1-3-10(11)7-9-5-6-13-8-9/h9-11H,1-8H2. The van der Waals surface area contributed by atoms with E-state index in [9.17, 15) is 0 Å². The Morgan fingerprint density at radius 3 is 2.69 bits per heavy atom. The lowest BCUT2D eigenvalue weighted by Crippen LogP contribution is -2.22. The summed E-state index contributed by atoms with van der Waals surface area (Å²) < 4.78 is 5.42. The maximum atomic E-state index is 5.42. The molecule has 2 aliphatic rings. The molecule has 3 atom stereocenters. The maximum Gasteiger partial charge on any atom is 0.0495 e. The molecule has 3 unspecified atom stereocenters. The molecule has 1 aliphatic carbocycles. The normalized spacial score (nSPS) is 40.8. The van der Waals surface area contributed by atoms with Gasteiger partial charge in [0.25, 0.3) is 0 Å². The molecule has 0 bridgehead atoms. The summed E-state index contributed by atoms with van der Waals surface area (Å²) in [5.41, 5.74) is 0. The van der Waals surface area contributed by atoms with Crippen molar-refractivity contribution in [2.45, 2.75) is 43.4 Å². The van der Waals surface area contributed by atoms with Crippen molar-refractivity contribution in [3.8, 4) is 0 Å². The van der Waals surface area contributed by atoms with E-state index < -0.39 is 0 Å². The SMILES string of the molecule is BrC1CCCCC1CC1CCOC1. The van der Waals surface area contributed by atoms with Gasteiger partial charge in [-0.05, 0) is 37.5 Å². The van der Waals surface area contributed by atoms with Crippen LogP contribution in [0.15, 0.2) is 0 Å². The zero-order valence-electron chi connectivity index (χ0n) is 8.18. The number of halogens is 1. The Morgan fingerprint density at radius 2 is 2.00 bits per heavy atom. The molecule has 0 amide bonds. The Bertz CT molecular complexity index is 154. The largest absolute Gasteiger partial charge is 0.381 e. The second-order valence-electron chi connectivity index (χ2n) is 4.53. The molecule has 0 aromatic rings. The third-order valence-corrected chi connectivity index (χ3v) is 4.68. The summed E-state index contributed by atoms with van der Waals surface area (Å²) in [5.74, 6) is 1.79. The summed E-state index contributed by atoms with van der Waals surface area (Å²) >= 11 is 3.82. The van der Waals surface area contributed by atoms with Crippen molar-refractivity contribution in [2.75, 3.05) is 13.2 Å². The fourth-order valence-electron chi connectivity index (χ4n) is 2.63. The van der Waals surface area contributed by atoms with Gasteiger partial charge in [-0.2, -0.15) is 0 Å². The van der Waals surface area contributed by atoms with Crippen LogP contribution in [0, 0.1) is 11.8 Å². The van der Waals surface area contributed by atoms with Crippen LogP contribution in [0.2, 0.25) is 0 Å². The molecule has 13 heavy (non-hydrogen) atoms. The van der Waals surface area contributed by atoms with Gasteiger partial charge in [-0.1, -0.05) is 28.8 Å². The third kappa shape index (κ3) is 2.69. The van der Waals surface area contributed by atoms with Gasteiger partial charge >= 0.3 is 0 Å². The van der Waals surface area contributed by atoms with Gasteiger partial charge in [0, 0.05) is 18.0 Å². The molecule has 0 N–H and O–H groups in total. The molecule has 0 aromatic heterocycles. The quantitative estimate of drug-likeness (QED) is 0.680. The van der Waals surface area contributed by atoms with E-state index in [1.807, 2.05) is 0 Å². The monoisotopic (exact) mass is 246 g/mol. The summed E-state index contributed by atoms with van der Waals surface area (Å²) in [6.45, 7) is 2.03. The lowest BCUT2D eigenvalue weighted by Gasteiger charge is -2.29. The maximum absolute atomic E-state index is 5.42. The molecule has 0 spiro atoms. The highest BCUT2D eigenvalue weighted by Crippen LogP contribution is 2.35. The fourth-order valence-corrected chi connectivity index (χ4v) is 3.43. The second-order valence-corrected chi connectivity index (χ2v) is 5.70. The van der Waals surface area contributed by atoms with Crippen LogP contribution in [0.25, 0.3) is 0 Å². The minimum Gasteiger partial charge on any atom is -0.381 e. The molecule has 1 nitrogen and oxygen atoms in total. The number of hydrogen-bond acceptors (Lipinski definition) is 1. The summed E-state index contributed by atoms with van der Waals surface area (Å²) in [5, 5.41) is 0. The van der Waals surface area contributed by atoms with E-state index in [0.29, 0.717) is 0 Å². The number of alkyl halides is 1. The number of rotatable bonds is 2. The topological polar surface area (TPSA) is 9.23 Å². The van der Waals surface area contributed by atoms with E-state index in [1.165, 1.54) is 38.5 Å². The van der Waals surface area contributed by atoms with Crippen LogP contribution >= 0.6 is 15.9 Å². The molecule has 1 saturated carbocycles. The van der Waals surface area contributed by atoms with Gasteiger partial charge < -0.3 is 4.74 Å². The van der Waals surface area contributed by atoms with Crippen molar-refractivity contribution in [1.29, 1.82) is 0 Å². The van der Waals surface area contributed by atoms with E-state index in [2.05, 4.69) is 15.9 Å². The Labute approximate surface area is 89.4 Å². The zero-order valence-corrected chi connectivity index (χ0v) is 9.76. The molecule has 1 saturated heterocycles. The second kappa shape index (κ2) is 4.79. The fraction of sp³-hybridized carbons (Fsp3) is 1.00. The Morgan fingerprint density at radius 1 is 1.15 bits per heavy atom. The van der Waals surface area contributed by atoms with Crippen molar-refractivity contribution in [2.24, 2.45) is 11.8 Å². The van der Waals surface area contributed by atoms with Crippen LogP contribution in [-0.2, 0) is 4.74 Å². The van der Waals surface area contributed by atoms with E-state index in [0.717, 1.165) is 29.9 Å². The summed E-state index contributed by atoms with van der Waals surface area (Å²) in [6, 6.07) is 0. The van der Waals surface area contributed by atoms with Crippen molar-refractivity contribution < 1.29 is 4.74 Å². The first kappa shape index (κ1) is 9.97. The molecular formula is C11H19BrO. The smallest absolute Gasteiger partial charge is 0.0495 e. The molecule has 2 fully saturated rings. The highest BCUT2D eigenvalue weighted by atomic mass is 79.9. The van der Waals surface area contributed by atoms with Crippen LogP contribution in [0.1, 0.15) is 38.5 Å². The van der Waals surface area contributed by atoms with Crippen LogP contribution < -0.4 is 0 Å². The van der Waals surface area contributed by atoms with Crippen molar-refractivity contribution in [3.05, 3.63) is 0 Å². The number of hydrogen-bond donors (Lipinski definition) is 0. The average Bonchev–Trinajstić information content (AvgIpc) is 2.61. The van der Waals surface area contributed by atoms with E-state index in [4.69, 9.17) is 4.74 Å². The van der Waals surface area contributed by atoms with E-state index in [1.54, 1.807) is 0 Å². The van der Waals surface area contributed by atoms with Gasteiger partial charge in [-0.15, -0.1) is 0 Å². The van der Waals surface area contributed by atoms with E-state index >= 15 is 0 Å². The minimum atomic E-state index is 0.793. The molecule has 0 aromatic carbocycles. The van der Waals surface area contributed by atoms with Gasteiger partial charge in [0.05, 0.1) is 0 Å². The Kier molecular flexibility index (Phi) is 3.67. The molecule has 76 valence electrons. The van der Waals surface area contributed by atoms with Gasteiger partial charge in [0.15, 0.2) is 0 Å². The van der Waals surface area contributed by atoms with Crippen LogP contribution in [-0.4, -0.2) is 18.0 Å². The predicted octanol–water partition coefficient (Wildman–Crippen LogP) is 3.37. The zero-order chi connectivity index (χ0) is 9.10. The van der Waals surface area contributed by atoms with Crippen LogP contribution in [0.5, 0.6) is 0 Å². The lowest BCUT2D eigenvalue weighted by atomic mass is 9.82. The van der Waals surface area contributed by atoms with Gasteiger partial charge in [0.2, 0.25) is 0 Å². The molecule has 2 heteroatoms. The summed E-state index contributed by atoms with van der Waals surface area (Å²) in [7, 11) is 0. The molecular weight excluding hydrogens is 228 g/mol. The van der Waals surface area contributed by atoms with Gasteiger partial charge in [-0.25, -0.2) is 0 Å². The summed E-state index contributed by atoms with van der Waals surface area (Å²) in [4.78, 5) is 0.793. The number of ether oxygens (including phenoxy) is 1. The van der Waals surface area contributed by atoms with Crippen molar-refractivity contribution >= 4 is 15.9 Å². The summed E-state index contributed by atoms with van der Waals surface area (Å²) in [6.07, 6.45) is 8.39. The van der Waals surface area contributed by atoms with Crippen molar-refractivity contribution in [1.82, 2.24) is 0 Å². The van der Waals surface area contributed by atoms with Crippen LogP contribution in [0.3, 0.4) is 0 Å². The highest BCUT2D eigenvalue weighted by Gasteiger charge is 2.27. The predicted molar refractivity (Wildman–Crippen MR) is 58.2 cm³/mol. The molecule has 1 aliphatic heterocycles. The first-order valence-corrected chi connectivity index (χ1v) is 6.49.